The van der Waals surface area contributed by atoms with Gasteiger partial charge in [0.2, 0.25) is 5.91 Å². The van der Waals surface area contributed by atoms with Gasteiger partial charge in [0.05, 0.1) is 4.86 Å². The number of nitrogens with two attached hydrogens (primary N) is 1. The van der Waals surface area contributed by atoms with Gasteiger partial charge in [-0.05, 0) is 30.7 Å². The Labute approximate surface area is 260 Å². The highest BCUT2D eigenvalue weighted by atomic mass is 32.2. The summed E-state index contributed by atoms with van der Waals surface area (Å²) in [5.41, 5.74) is 4.52. The highest BCUT2D eigenvalue weighted by Gasteiger charge is 2.55. The minimum Gasteiger partial charge on any atom is -0.477 e. The molecule has 44 heavy (non-hydrogen) atoms. The van der Waals surface area contributed by atoms with Gasteiger partial charge in [-0.15, -0.1) is 22.0 Å². The number of urea groups is 1. The van der Waals surface area contributed by atoms with Crippen molar-refractivity contribution in [1.82, 2.24) is 35.9 Å². The molecule has 3 atom stereocenters. The molecule has 2 aromatic heterocycles. The number of fused-ring (bicyclic) bond motifs is 1. The van der Waals surface area contributed by atoms with Crippen molar-refractivity contribution >= 4 is 75.6 Å². The van der Waals surface area contributed by atoms with E-state index < -0.39 is 52.7 Å². The molecule has 5 amide bonds. The minimum absolute atomic E-state index is 0.124. The number of thioether (sulfide) groups is 1. The first kappa shape index (κ1) is 30.4. The Kier molecular flexibility index (Phi) is 8.52. The third kappa shape index (κ3) is 5.92. The second-order valence-electron chi connectivity index (χ2n) is 9.30. The van der Waals surface area contributed by atoms with E-state index in [1.807, 2.05) is 0 Å². The molecule has 0 aliphatic carbocycles. The number of amides is 5. The number of aromatic amines is 1. The second-order valence-corrected chi connectivity index (χ2v) is 12.0. The first-order valence-electron chi connectivity index (χ1n) is 12.5. The van der Waals surface area contributed by atoms with E-state index in [1.165, 1.54) is 59.6 Å². The maximum Gasteiger partial charge on any atom is 0.353 e. The average molecular weight is 656 g/mol. The lowest BCUT2D eigenvalue weighted by Gasteiger charge is -2.49. The molecular weight excluding hydrogens is 635 g/mol. The molecule has 226 valence electrons. The standard InChI is InChI=1S/C25H21N9O7S3/c1-9-31-33-21(44-9)17(42)13-8-43-23-15(22(38)34(23)16(13)24(39)40)30-20(37)14(10-2-4-11(5-3-10)28-25(26)41)29-18(35)12-6-7-27-32-19(12)36/h2-7,14-15,23H,8H2,1H3,(H,29,35)(H,30,37)(H,32,36)(H,39,40)(H3,26,28,41)/t14?,15?,23-/m0/s1. The molecule has 0 bridgehead atoms. The smallest absolute Gasteiger partial charge is 0.353 e. The third-order valence-electron chi connectivity index (χ3n) is 6.48. The Balaban J connectivity index is 1.39. The van der Waals surface area contributed by atoms with Crippen LogP contribution in [-0.4, -0.2) is 82.2 Å². The third-order valence-corrected chi connectivity index (χ3v) is 9.19. The van der Waals surface area contributed by atoms with Gasteiger partial charge in [-0.25, -0.2) is 14.7 Å². The zero-order valence-electron chi connectivity index (χ0n) is 22.4. The van der Waals surface area contributed by atoms with Crippen LogP contribution in [0.4, 0.5) is 10.5 Å². The largest absolute Gasteiger partial charge is 0.477 e. The molecule has 1 fully saturated rings. The summed E-state index contributed by atoms with van der Waals surface area (Å²) in [4.78, 5) is 76.7. The zero-order valence-corrected chi connectivity index (χ0v) is 24.8. The fourth-order valence-corrected chi connectivity index (χ4v) is 6.92. The summed E-state index contributed by atoms with van der Waals surface area (Å²) in [6.07, 6.45) is 1.19. The molecule has 16 nitrogen and oxygen atoms in total. The summed E-state index contributed by atoms with van der Waals surface area (Å²) < 4.78 is 0. The van der Waals surface area contributed by atoms with Crippen molar-refractivity contribution in [2.45, 2.75) is 24.4 Å². The number of anilines is 1. The number of aryl methyl sites for hydroxylation is 1. The van der Waals surface area contributed by atoms with Crippen molar-refractivity contribution in [3.63, 3.8) is 0 Å². The van der Waals surface area contributed by atoms with E-state index in [1.54, 1.807) is 6.92 Å². The van der Waals surface area contributed by atoms with Gasteiger partial charge in [-0.3, -0.25) is 24.1 Å². The van der Waals surface area contributed by atoms with Crippen LogP contribution in [0.3, 0.4) is 0 Å². The predicted octanol–water partition coefficient (Wildman–Crippen LogP) is 0.0483. The van der Waals surface area contributed by atoms with E-state index in [9.17, 15) is 33.9 Å². The number of carboxylic acids is 1. The Bertz CT molecular complexity index is 1800. The number of primary amides is 1. The van der Waals surface area contributed by atoms with Gasteiger partial charge in [-0.1, -0.05) is 35.7 Å². The van der Waals surface area contributed by atoms with E-state index in [2.05, 4.69) is 36.3 Å². The molecule has 0 spiro atoms. The number of hydrogen-bond acceptors (Lipinski definition) is 12. The quantitative estimate of drug-likeness (QED) is 0.102. The number of carbonyl (C=O) groups is 5. The van der Waals surface area contributed by atoms with E-state index >= 15 is 0 Å². The van der Waals surface area contributed by atoms with Gasteiger partial charge < -0.3 is 26.8 Å². The average Bonchev–Trinajstić information content (AvgIpc) is 3.43. The molecular formula is C25H21N9O7S3. The number of nitrogens with zero attached hydrogens (tertiary/aromatic N) is 4. The summed E-state index contributed by atoms with van der Waals surface area (Å²) >= 11 is 7.88. The van der Waals surface area contributed by atoms with Crippen LogP contribution in [0.5, 0.6) is 0 Å². The molecule has 2 aliphatic rings. The van der Waals surface area contributed by atoms with Gasteiger partial charge in [0.15, 0.2) is 5.01 Å². The van der Waals surface area contributed by atoms with E-state index in [-0.39, 0.29) is 33.0 Å². The summed E-state index contributed by atoms with van der Waals surface area (Å²) in [5, 5.41) is 31.3. The zero-order chi connectivity index (χ0) is 31.7. The molecule has 0 saturated carbocycles. The van der Waals surface area contributed by atoms with Crippen LogP contribution in [0.25, 0.3) is 0 Å². The van der Waals surface area contributed by atoms with E-state index in [0.717, 1.165) is 4.90 Å². The number of rotatable bonds is 9. The maximum absolute atomic E-state index is 13.6. The van der Waals surface area contributed by atoms with E-state index in [0.29, 0.717) is 15.7 Å². The van der Waals surface area contributed by atoms with Crippen molar-refractivity contribution in [1.29, 1.82) is 0 Å². The Morgan fingerprint density at radius 3 is 2.50 bits per heavy atom. The molecule has 2 aliphatic heterocycles. The van der Waals surface area contributed by atoms with Crippen molar-refractivity contribution in [3.05, 3.63) is 79.3 Å². The van der Waals surface area contributed by atoms with Crippen LogP contribution < -0.4 is 27.2 Å². The maximum atomic E-state index is 13.6. The normalized spacial score (nSPS) is 18.0. The highest BCUT2D eigenvalue weighted by molar-refractivity contribution is 8.00. The van der Waals surface area contributed by atoms with Crippen LogP contribution >= 0.6 is 35.3 Å². The van der Waals surface area contributed by atoms with Gasteiger partial charge in [0.1, 0.15) is 33.7 Å². The molecule has 19 heteroatoms. The highest BCUT2D eigenvalue weighted by Crippen LogP contribution is 2.41. The number of β-lactam (4-membered cyclic amide) rings is 1. The van der Waals surface area contributed by atoms with Crippen molar-refractivity contribution in [3.8, 4) is 0 Å². The monoisotopic (exact) mass is 655 g/mol. The molecule has 4 heterocycles. The van der Waals surface area contributed by atoms with Gasteiger partial charge in [0.25, 0.3) is 17.4 Å². The number of carbonyl (C=O) groups excluding carboxylic acids is 4. The summed E-state index contributed by atoms with van der Waals surface area (Å²) in [6, 6.07) is 3.55. The molecule has 1 saturated heterocycles. The van der Waals surface area contributed by atoms with Crippen molar-refractivity contribution in [2.24, 2.45) is 5.73 Å². The SMILES string of the molecule is Cc1nnc(C(=S)C2=C(C(=O)O)N3C(=O)C(NC(=O)C(NC(=O)c4ccn[nH]c4=O)c4ccc(NC(N)=O)cc4)[C@@H]3SC2)s1. The lowest BCUT2D eigenvalue weighted by molar-refractivity contribution is -0.150. The Morgan fingerprint density at radius 1 is 1.16 bits per heavy atom. The molecule has 7 N–H and O–H groups in total. The number of thiocarbonyl (C=S) groups is 1. The van der Waals surface area contributed by atoms with Gasteiger partial charge in [0, 0.05) is 23.2 Å². The number of aromatic nitrogens is 4. The first-order valence-corrected chi connectivity index (χ1v) is 14.8. The number of benzene rings is 1. The molecule has 1 aromatic carbocycles. The first-order chi connectivity index (χ1) is 21.0. The van der Waals surface area contributed by atoms with Crippen molar-refractivity contribution < 1.29 is 29.1 Å². The van der Waals surface area contributed by atoms with Crippen LogP contribution in [0.2, 0.25) is 0 Å². The summed E-state index contributed by atoms with van der Waals surface area (Å²) in [6.45, 7) is 1.73. The van der Waals surface area contributed by atoms with Gasteiger partial charge in [-0.2, -0.15) is 5.10 Å². The number of aliphatic carboxylic acids is 1. The van der Waals surface area contributed by atoms with Crippen LogP contribution in [0, 0.1) is 6.92 Å². The number of carboxylic acid groups (broad SMARTS) is 1. The topological polar surface area (TPSA) is 242 Å². The molecule has 0 radical (unpaired) electrons. The lowest BCUT2D eigenvalue weighted by atomic mass is 9.99. The minimum atomic E-state index is -1.41. The van der Waals surface area contributed by atoms with Gasteiger partial charge >= 0.3 is 12.0 Å². The molecule has 3 aromatic rings. The lowest BCUT2D eigenvalue weighted by Crippen LogP contribution is -2.71. The van der Waals surface area contributed by atoms with Crippen LogP contribution in [-0.2, 0) is 14.4 Å². The Morgan fingerprint density at radius 2 is 1.89 bits per heavy atom. The fraction of sp³-hybridized carbons (Fsp3) is 0.200. The van der Waals surface area contributed by atoms with Crippen LogP contribution in [0.15, 0.2) is 52.6 Å². The number of nitrogens with one attached hydrogen (secondary N) is 4. The Hall–Kier alpha value is -5.01. The molecule has 2 unspecified atom stereocenters. The summed E-state index contributed by atoms with van der Waals surface area (Å²) in [5.74, 6) is -3.66. The predicted molar refractivity (Wildman–Crippen MR) is 161 cm³/mol. The van der Waals surface area contributed by atoms with Crippen molar-refractivity contribution in [2.75, 3.05) is 11.1 Å². The summed E-state index contributed by atoms with van der Waals surface area (Å²) in [7, 11) is 0. The molecule has 5 rings (SSSR count). The second kappa shape index (κ2) is 12.3. The number of H-pyrrole nitrogens is 1. The van der Waals surface area contributed by atoms with E-state index in [4.69, 9.17) is 18.0 Å². The number of hydrogen-bond donors (Lipinski definition) is 6. The van der Waals surface area contributed by atoms with Crippen LogP contribution in [0.1, 0.15) is 32.0 Å². The fourth-order valence-electron chi connectivity index (χ4n) is 4.48.